The van der Waals surface area contributed by atoms with Crippen LogP contribution in [0.2, 0.25) is 0 Å². The van der Waals surface area contributed by atoms with E-state index in [-0.39, 0.29) is 24.1 Å². The van der Waals surface area contributed by atoms with E-state index in [1.54, 1.807) is 0 Å². The van der Waals surface area contributed by atoms with Crippen molar-refractivity contribution < 1.29 is 13.9 Å². The first-order valence-corrected chi connectivity index (χ1v) is 14.0. The highest BCUT2D eigenvalue weighted by Gasteiger charge is 2.47. The Balaban J connectivity index is 1.48. The molecule has 2 saturated heterocycles. The molecule has 0 bridgehead atoms. The van der Waals surface area contributed by atoms with Gasteiger partial charge in [0.15, 0.2) is 0 Å². The van der Waals surface area contributed by atoms with Gasteiger partial charge in [-0.1, -0.05) is 26.0 Å². The first kappa shape index (κ1) is 25.3. The van der Waals surface area contributed by atoms with Gasteiger partial charge in [-0.15, -0.1) is 0 Å². The van der Waals surface area contributed by atoms with Crippen molar-refractivity contribution in [2.24, 2.45) is 5.41 Å². The quantitative estimate of drug-likeness (QED) is 0.308. The molecule has 3 aromatic rings. The van der Waals surface area contributed by atoms with E-state index in [1.807, 2.05) is 12.1 Å². The van der Waals surface area contributed by atoms with Crippen LogP contribution in [0, 0.1) is 16.6 Å². The summed E-state index contributed by atoms with van der Waals surface area (Å²) in [6, 6.07) is 10.7. The number of hydrogen-bond acceptors (Lipinski definition) is 6. The van der Waals surface area contributed by atoms with Crippen LogP contribution in [-0.4, -0.2) is 43.2 Å². The van der Waals surface area contributed by atoms with Gasteiger partial charge in [0.05, 0.1) is 5.69 Å². The lowest BCUT2D eigenvalue weighted by Crippen LogP contribution is -2.45. The van der Waals surface area contributed by atoms with Crippen molar-refractivity contribution in [1.82, 2.24) is 10.3 Å². The van der Waals surface area contributed by atoms with Gasteiger partial charge in [0.2, 0.25) is 5.88 Å². The van der Waals surface area contributed by atoms with Gasteiger partial charge >= 0.3 is 0 Å². The monoisotopic (exact) mass is 516 g/mol. The number of hydrogen-bond donors (Lipinski definition) is 3. The fourth-order valence-corrected chi connectivity index (χ4v) is 6.35. The number of benzene rings is 2. The smallest absolute Gasteiger partial charge is 0.221 e. The summed E-state index contributed by atoms with van der Waals surface area (Å²) < 4.78 is 26.5. The van der Waals surface area contributed by atoms with Crippen LogP contribution in [0.5, 0.6) is 5.88 Å². The third kappa shape index (κ3) is 4.78. The molecule has 200 valence electrons. The highest BCUT2D eigenvalue weighted by atomic mass is 19.1. The van der Waals surface area contributed by atoms with Crippen LogP contribution < -0.4 is 15.4 Å². The lowest BCUT2D eigenvalue weighted by atomic mass is 9.66. The van der Waals surface area contributed by atoms with E-state index in [2.05, 4.69) is 36.6 Å². The molecule has 6 rings (SSSR count). The molecule has 1 spiro atoms. The zero-order valence-electron chi connectivity index (χ0n) is 22.3. The predicted octanol–water partition coefficient (Wildman–Crippen LogP) is 6.62. The molecule has 1 unspecified atom stereocenters. The first-order chi connectivity index (χ1) is 18.4. The van der Waals surface area contributed by atoms with E-state index in [0.29, 0.717) is 11.3 Å². The van der Waals surface area contributed by atoms with Crippen LogP contribution in [0.25, 0.3) is 21.9 Å². The second-order valence-electron chi connectivity index (χ2n) is 11.5. The second-order valence-corrected chi connectivity index (χ2v) is 11.5. The standard InChI is InChI=1S/C31H37FN4O2/c1-19(2)29-28(20-6-8-22(32)9-7-20)24-13-21(17-33)26(35-27-5-3-4-12-37-27)14-25(24)30(36-29)38-23-15-31(16-23)10-11-34-18-31/h6-9,13-14,17,19,23,27,33-35H,3-5,10-12,15-16,18H2,1-2H3. The summed E-state index contributed by atoms with van der Waals surface area (Å²) in [6.07, 6.45) is 7.87. The Morgan fingerprint density at radius 1 is 1.18 bits per heavy atom. The van der Waals surface area contributed by atoms with Crippen LogP contribution in [0.4, 0.5) is 10.1 Å². The van der Waals surface area contributed by atoms with Gasteiger partial charge in [0.25, 0.3) is 0 Å². The molecule has 0 radical (unpaired) electrons. The zero-order chi connectivity index (χ0) is 26.3. The number of fused-ring (bicyclic) bond motifs is 1. The number of nitrogens with zero attached hydrogens (tertiary/aromatic N) is 1. The van der Waals surface area contributed by atoms with Gasteiger partial charge in [-0.2, -0.15) is 0 Å². The van der Waals surface area contributed by atoms with Crippen molar-refractivity contribution in [3.8, 4) is 17.0 Å². The Morgan fingerprint density at radius 3 is 2.66 bits per heavy atom. The van der Waals surface area contributed by atoms with Crippen LogP contribution in [0.3, 0.4) is 0 Å². The number of nitrogens with one attached hydrogen (secondary N) is 3. The number of ether oxygens (including phenoxy) is 2. The molecule has 3 fully saturated rings. The number of halogens is 1. The molecule has 3 heterocycles. The maximum Gasteiger partial charge on any atom is 0.221 e. The Hall–Kier alpha value is -3.03. The van der Waals surface area contributed by atoms with Crippen molar-refractivity contribution in [1.29, 1.82) is 5.41 Å². The van der Waals surface area contributed by atoms with E-state index in [4.69, 9.17) is 19.9 Å². The van der Waals surface area contributed by atoms with Gasteiger partial charge in [-0.05, 0) is 91.6 Å². The number of rotatable bonds is 7. The van der Waals surface area contributed by atoms with Crippen molar-refractivity contribution in [3.05, 3.63) is 53.5 Å². The van der Waals surface area contributed by atoms with E-state index in [9.17, 15) is 4.39 Å². The minimum absolute atomic E-state index is 0.0786. The molecule has 3 aliphatic rings. The molecule has 1 aliphatic carbocycles. The maximum absolute atomic E-state index is 13.9. The summed E-state index contributed by atoms with van der Waals surface area (Å²) in [5, 5.41) is 17.1. The normalized spacial score (nSPS) is 25.1. The first-order valence-electron chi connectivity index (χ1n) is 14.0. The fraction of sp³-hybridized carbons (Fsp3) is 0.484. The molecule has 1 saturated carbocycles. The second kappa shape index (κ2) is 10.3. The molecular formula is C31H37FN4O2. The number of anilines is 1. The molecule has 2 aromatic carbocycles. The van der Waals surface area contributed by atoms with E-state index < -0.39 is 0 Å². The Kier molecular flexibility index (Phi) is 6.82. The average molecular weight is 517 g/mol. The largest absolute Gasteiger partial charge is 0.474 e. The Morgan fingerprint density at radius 2 is 2.00 bits per heavy atom. The number of pyridine rings is 1. The molecular weight excluding hydrogens is 479 g/mol. The van der Waals surface area contributed by atoms with Crippen LogP contribution in [0.15, 0.2) is 36.4 Å². The maximum atomic E-state index is 13.9. The average Bonchev–Trinajstić information content (AvgIpc) is 3.39. The third-order valence-electron chi connectivity index (χ3n) is 8.43. The van der Waals surface area contributed by atoms with Gasteiger partial charge in [-0.25, -0.2) is 9.37 Å². The minimum Gasteiger partial charge on any atom is -0.474 e. The lowest BCUT2D eigenvalue weighted by molar-refractivity contribution is -0.00295. The molecule has 38 heavy (non-hydrogen) atoms. The molecule has 1 aromatic heterocycles. The van der Waals surface area contributed by atoms with Crippen molar-refractivity contribution in [3.63, 3.8) is 0 Å². The van der Waals surface area contributed by atoms with E-state index in [0.717, 1.165) is 90.6 Å². The third-order valence-corrected chi connectivity index (χ3v) is 8.43. The summed E-state index contributed by atoms with van der Waals surface area (Å²) in [5.74, 6) is 0.506. The van der Waals surface area contributed by atoms with Crippen molar-refractivity contribution in [2.45, 2.75) is 70.6 Å². The SMILES string of the molecule is CC(C)c1nc(OC2CC3(CCNC3)C2)c2cc(NC3CCCCO3)c(C=N)cc2c1-c1ccc(F)cc1. The number of aromatic nitrogens is 1. The molecule has 2 aliphatic heterocycles. The molecule has 3 N–H and O–H groups in total. The highest BCUT2D eigenvalue weighted by molar-refractivity contribution is 6.05. The minimum atomic E-state index is -0.267. The summed E-state index contributed by atoms with van der Waals surface area (Å²) in [4.78, 5) is 5.13. The topological polar surface area (TPSA) is 79.3 Å². The molecule has 0 amide bonds. The Bertz CT molecular complexity index is 1320. The van der Waals surface area contributed by atoms with Crippen LogP contribution in [0.1, 0.15) is 69.5 Å². The van der Waals surface area contributed by atoms with Gasteiger partial charge in [0.1, 0.15) is 18.1 Å². The molecule has 7 heteroatoms. The van der Waals surface area contributed by atoms with Gasteiger partial charge < -0.3 is 25.5 Å². The zero-order valence-corrected chi connectivity index (χ0v) is 22.3. The predicted molar refractivity (Wildman–Crippen MR) is 150 cm³/mol. The molecule has 6 nitrogen and oxygen atoms in total. The summed E-state index contributed by atoms with van der Waals surface area (Å²) in [5.41, 5.74) is 4.79. The van der Waals surface area contributed by atoms with Gasteiger partial charge in [-0.3, -0.25) is 0 Å². The van der Waals surface area contributed by atoms with E-state index >= 15 is 0 Å². The summed E-state index contributed by atoms with van der Waals surface area (Å²) in [6.45, 7) is 7.15. The summed E-state index contributed by atoms with van der Waals surface area (Å²) in [7, 11) is 0. The summed E-state index contributed by atoms with van der Waals surface area (Å²) >= 11 is 0. The molecule has 1 atom stereocenters. The Labute approximate surface area is 223 Å². The lowest BCUT2D eigenvalue weighted by Gasteiger charge is -2.44. The van der Waals surface area contributed by atoms with E-state index in [1.165, 1.54) is 24.8 Å². The van der Waals surface area contributed by atoms with Crippen LogP contribution in [-0.2, 0) is 4.74 Å². The van der Waals surface area contributed by atoms with Crippen molar-refractivity contribution in [2.75, 3.05) is 25.0 Å². The highest BCUT2D eigenvalue weighted by Crippen LogP contribution is 2.48. The fourth-order valence-electron chi connectivity index (χ4n) is 6.35. The van der Waals surface area contributed by atoms with Crippen LogP contribution >= 0.6 is 0 Å². The van der Waals surface area contributed by atoms with Gasteiger partial charge in [0, 0.05) is 41.6 Å². The van der Waals surface area contributed by atoms with Crippen molar-refractivity contribution >= 4 is 22.7 Å².